The van der Waals surface area contributed by atoms with E-state index in [4.69, 9.17) is 5.73 Å². The van der Waals surface area contributed by atoms with Crippen molar-refractivity contribution in [2.24, 2.45) is 5.73 Å². The average molecular weight is 374 g/mol. The van der Waals surface area contributed by atoms with Crippen molar-refractivity contribution >= 4 is 17.7 Å². The molecule has 3 aliphatic rings. The van der Waals surface area contributed by atoms with Crippen LogP contribution in [-0.2, 0) is 16.6 Å². The van der Waals surface area contributed by atoms with Gasteiger partial charge >= 0.3 is 0 Å². The van der Waals surface area contributed by atoms with Gasteiger partial charge in [-0.3, -0.25) is 4.79 Å². The predicted molar refractivity (Wildman–Crippen MR) is 113 cm³/mol. The van der Waals surface area contributed by atoms with Crippen LogP contribution in [0, 0.1) is 0 Å². The van der Waals surface area contributed by atoms with Gasteiger partial charge in [0.05, 0.1) is 6.04 Å². The number of para-hydroxylation sites is 1. The van der Waals surface area contributed by atoms with Gasteiger partial charge < -0.3 is 15.5 Å². The van der Waals surface area contributed by atoms with Gasteiger partial charge in [-0.15, -0.1) is 0 Å². The molecule has 1 saturated heterocycles. The molecule has 2 N–H and O–H groups in total. The van der Waals surface area contributed by atoms with Crippen molar-refractivity contribution in [3.63, 3.8) is 0 Å². The summed E-state index contributed by atoms with van der Waals surface area (Å²) < 4.78 is 0. The van der Waals surface area contributed by atoms with E-state index < -0.39 is 6.04 Å². The number of carbonyl (C=O) groups is 1. The Balaban J connectivity index is 1.22. The number of nitrogens with zero attached hydrogens (tertiary/aromatic N) is 2. The zero-order valence-corrected chi connectivity index (χ0v) is 16.2. The molecule has 1 spiro atoms. The van der Waals surface area contributed by atoms with Gasteiger partial charge in [-0.1, -0.05) is 54.6 Å². The van der Waals surface area contributed by atoms with Crippen LogP contribution in [0.25, 0.3) is 6.08 Å². The molecule has 5 rings (SSSR count). The molecular weight excluding hydrogens is 346 g/mol. The number of allylic oxidation sites excluding steroid dienone is 1. The first-order chi connectivity index (χ1) is 13.7. The van der Waals surface area contributed by atoms with Crippen molar-refractivity contribution in [1.29, 1.82) is 0 Å². The second kappa shape index (κ2) is 6.87. The first-order valence-electron chi connectivity index (χ1n) is 10.3. The SMILES string of the molecule is NC(CN1CCC2(C=Cc3ccccc32)CC1)C(=O)N1CCc2ccccc21. The van der Waals surface area contributed by atoms with Crippen molar-refractivity contribution in [3.8, 4) is 0 Å². The number of rotatable bonds is 3. The predicted octanol–water partition coefficient (Wildman–Crippen LogP) is 2.96. The minimum absolute atomic E-state index is 0.0522. The molecule has 2 aromatic rings. The fraction of sp³-hybridized carbons (Fsp3) is 0.375. The molecule has 4 heteroatoms. The summed E-state index contributed by atoms with van der Waals surface area (Å²) in [5.74, 6) is 0.0522. The third-order valence-corrected chi connectivity index (χ3v) is 6.75. The Kier molecular flexibility index (Phi) is 4.33. The van der Waals surface area contributed by atoms with E-state index in [0.717, 1.165) is 44.6 Å². The van der Waals surface area contributed by atoms with Crippen molar-refractivity contribution in [2.75, 3.05) is 31.1 Å². The van der Waals surface area contributed by atoms with Crippen LogP contribution in [0.2, 0.25) is 0 Å². The number of hydrogen-bond acceptors (Lipinski definition) is 3. The Hall–Kier alpha value is -2.43. The standard InChI is InChI=1S/C24H27N3O/c25-21(23(28)27-14-10-19-6-2-4-8-22(19)27)17-26-15-12-24(13-16-26)11-9-18-5-1-3-7-20(18)24/h1-9,11,21H,10,12-17,25H2. The van der Waals surface area contributed by atoms with Gasteiger partial charge in [0.1, 0.15) is 0 Å². The Bertz CT molecular complexity index is 927. The normalized spacial score (nSPS) is 21.0. The second-order valence-electron chi connectivity index (χ2n) is 8.35. The molecule has 2 heterocycles. The van der Waals surface area contributed by atoms with Crippen LogP contribution in [0.5, 0.6) is 0 Å². The maximum atomic E-state index is 13.0. The van der Waals surface area contributed by atoms with Crippen molar-refractivity contribution < 1.29 is 4.79 Å². The summed E-state index contributed by atoms with van der Waals surface area (Å²) in [6.45, 7) is 3.35. The van der Waals surface area contributed by atoms with Crippen LogP contribution in [-0.4, -0.2) is 43.0 Å². The number of amides is 1. The number of benzene rings is 2. The summed E-state index contributed by atoms with van der Waals surface area (Å²) >= 11 is 0. The van der Waals surface area contributed by atoms with E-state index in [1.807, 2.05) is 23.1 Å². The zero-order valence-electron chi connectivity index (χ0n) is 16.2. The number of hydrogen-bond donors (Lipinski definition) is 1. The maximum absolute atomic E-state index is 13.0. The molecule has 4 nitrogen and oxygen atoms in total. The van der Waals surface area contributed by atoms with Crippen LogP contribution in [0.1, 0.15) is 29.5 Å². The third-order valence-electron chi connectivity index (χ3n) is 6.75. The summed E-state index contributed by atoms with van der Waals surface area (Å²) in [4.78, 5) is 17.2. The lowest BCUT2D eigenvalue weighted by molar-refractivity contribution is -0.120. The van der Waals surface area contributed by atoms with E-state index in [0.29, 0.717) is 6.54 Å². The lowest BCUT2D eigenvalue weighted by Crippen LogP contribution is -2.52. The van der Waals surface area contributed by atoms with E-state index in [1.54, 1.807) is 0 Å². The van der Waals surface area contributed by atoms with Crippen LogP contribution in [0.3, 0.4) is 0 Å². The third kappa shape index (κ3) is 2.88. The van der Waals surface area contributed by atoms with Gasteiger partial charge in [0.2, 0.25) is 5.91 Å². The van der Waals surface area contributed by atoms with E-state index in [2.05, 4.69) is 47.4 Å². The Morgan fingerprint density at radius 2 is 1.79 bits per heavy atom. The lowest BCUT2D eigenvalue weighted by Gasteiger charge is -2.40. The highest BCUT2D eigenvalue weighted by molar-refractivity contribution is 5.99. The van der Waals surface area contributed by atoms with Gasteiger partial charge in [0.15, 0.2) is 0 Å². The number of carbonyl (C=O) groups excluding carboxylic acids is 1. The summed E-state index contributed by atoms with van der Waals surface area (Å²) in [5, 5.41) is 0. The molecule has 0 saturated carbocycles. The maximum Gasteiger partial charge on any atom is 0.245 e. The molecular formula is C24H27N3O. The van der Waals surface area contributed by atoms with Crippen LogP contribution >= 0.6 is 0 Å². The lowest BCUT2D eigenvalue weighted by atomic mass is 9.74. The molecule has 144 valence electrons. The molecule has 0 radical (unpaired) electrons. The number of fused-ring (bicyclic) bond motifs is 3. The molecule has 0 aromatic heterocycles. The smallest absolute Gasteiger partial charge is 0.245 e. The Labute approximate surface area is 166 Å². The molecule has 0 bridgehead atoms. The Morgan fingerprint density at radius 3 is 2.64 bits per heavy atom. The van der Waals surface area contributed by atoms with Crippen molar-refractivity contribution in [3.05, 3.63) is 71.3 Å². The van der Waals surface area contributed by atoms with E-state index in [9.17, 15) is 4.79 Å². The summed E-state index contributed by atoms with van der Waals surface area (Å²) in [6, 6.07) is 16.4. The van der Waals surface area contributed by atoms with Crippen molar-refractivity contribution in [2.45, 2.75) is 30.7 Å². The molecule has 2 aromatic carbocycles. The first kappa shape index (κ1) is 17.7. The van der Waals surface area contributed by atoms with Gasteiger partial charge in [-0.05, 0) is 55.1 Å². The minimum atomic E-state index is -0.466. The van der Waals surface area contributed by atoms with Crippen molar-refractivity contribution in [1.82, 2.24) is 4.90 Å². The molecule has 2 aliphatic heterocycles. The highest BCUT2D eigenvalue weighted by Crippen LogP contribution is 2.43. The average Bonchev–Trinajstić information content (AvgIpc) is 3.32. The number of anilines is 1. The zero-order chi connectivity index (χ0) is 19.1. The molecule has 1 aliphatic carbocycles. The Morgan fingerprint density at radius 1 is 1.04 bits per heavy atom. The summed E-state index contributed by atoms with van der Waals surface area (Å²) in [5.41, 5.74) is 11.6. The number of likely N-dealkylation sites (tertiary alicyclic amines) is 1. The molecule has 1 atom stereocenters. The van der Waals surface area contributed by atoms with Gasteiger partial charge in [-0.2, -0.15) is 0 Å². The van der Waals surface area contributed by atoms with Gasteiger partial charge in [-0.25, -0.2) is 0 Å². The first-order valence-corrected chi connectivity index (χ1v) is 10.3. The highest BCUT2D eigenvalue weighted by Gasteiger charge is 2.38. The summed E-state index contributed by atoms with van der Waals surface area (Å²) in [6.07, 6.45) is 7.76. The highest BCUT2D eigenvalue weighted by atomic mass is 16.2. The second-order valence-corrected chi connectivity index (χ2v) is 8.35. The summed E-state index contributed by atoms with van der Waals surface area (Å²) in [7, 11) is 0. The topological polar surface area (TPSA) is 49.6 Å². The van der Waals surface area contributed by atoms with Gasteiger partial charge in [0.25, 0.3) is 0 Å². The number of piperidine rings is 1. The fourth-order valence-corrected chi connectivity index (χ4v) is 5.13. The van der Waals surface area contributed by atoms with Crippen LogP contribution < -0.4 is 10.6 Å². The number of nitrogens with two attached hydrogens (primary N) is 1. The largest absolute Gasteiger partial charge is 0.319 e. The minimum Gasteiger partial charge on any atom is -0.319 e. The fourth-order valence-electron chi connectivity index (χ4n) is 5.13. The molecule has 1 fully saturated rings. The van der Waals surface area contributed by atoms with E-state index in [1.165, 1.54) is 16.7 Å². The van der Waals surface area contributed by atoms with Gasteiger partial charge in [0, 0.05) is 24.2 Å². The molecule has 1 amide bonds. The van der Waals surface area contributed by atoms with Crippen LogP contribution in [0.15, 0.2) is 54.6 Å². The quantitative estimate of drug-likeness (QED) is 0.900. The van der Waals surface area contributed by atoms with Crippen LogP contribution in [0.4, 0.5) is 5.69 Å². The molecule has 1 unspecified atom stereocenters. The monoisotopic (exact) mass is 373 g/mol. The van der Waals surface area contributed by atoms with E-state index >= 15 is 0 Å². The molecule has 28 heavy (non-hydrogen) atoms. The van der Waals surface area contributed by atoms with E-state index in [-0.39, 0.29) is 11.3 Å².